The van der Waals surface area contributed by atoms with Gasteiger partial charge < -0.3 is 9.55 Å². The number of fused-ring (bicyclic) bond motifs is 2. The molecule has 5 aromatic rings. The van der Waals surface area contributed by atoms with E-state index in [0.717, 1.165) is 44.1 Å². The summed E-state index contributed by atoms with van der Waals surface area (Å²) in [5, 5.41) is 14.0. The van der Waals surface area contributed by atoms with Crippen molar-refractivity contribution in [2.24, 2.45) is 0 Å². The van der Waals surface area contributed by atoms with Crippen LogP contribution in [0.25, 0.3) is 33.2 Å². The van der Waals surface area contributed by atoms with Crippen LogP contribution in [0, 0.1) is 0 Å². The minimum absolute atomic E-state index is 0.456. The van der Waals surface area contributed by atoms with Crippen LogP contribution in [0.2, 0.25) is 0 Å². The molecule has 0 spiro atoms. The molecular weight excluding hydrogens is 391 g/mol. The molecular formula is C24H23N4OP. The van der Waals surface area contributed by atoms with Gasteiger partial charge in [-0.15, -0.1) is 0 Å². The second kappa shape index (κ2) is 7.60. The van der Waals surface area contributed by atoms with Crippen LogP contribution in [0.5, 0.6) is 0 Å². The van der Waals surface area contributed by atoms with Gasteiger partial charge in [0.25, 0.3) is 0 Å². The third kappa shape index (κ3) is 3.36. The molecule has 0 saturated heterocycles. The zero-order valence-electron chi connectivity index (χ0n) is 16.7. The first-order valence-corrected chi connectivity index (χ1v) is 12.0. The van der Waals surface area contributed by atoms with Crippen molar-refractivity contribution in [3.05, 3.63) is 84.4 Å². The molecule has 30 heavy (non-hydrogen) atoms. The summed E-state index contributed by atoms with van der Waals surface area (Å²) < 4.78 is 13.8. The van der Waals surface area contributed by atoms with E-state index in [1.54, 1.807) is 0 Å². The van der Waals surface area contributed by atoms with Crippen molar-refractivity contribution in [3.8, 4) is 11.4 Å². The third-order valence-corrected chi connectivity index (χ3v) is 8.17. The highest BCUT2D eigenvalue weighted by Crippen LogP contribution is 2.44. The fraction of sp³-hybridized carbons (Fsp3) is 0.125. The maximum Gasteiger partial charge on any atom is 0.180 e. The van der Waals surface area contributed by atoms with E-state index in [2.05, 4.69) is 44.5 Å². The van der Waals surface area contributed by atoms with Gasteiger partial charge in [0, 0.05) is 27.8 Å². The molecule has 0 radical (unpaired) electrons. The summed E-state index contributed by atoms with van der Waals surface area (Å²) in [5.74, 6) is 0. The van der Waals surface area contributed by atoms with Gasteiger partial charge in [0.2, 0.25) is 0 Å². The Balaban J connectivity index is 1.56. The summed E-state index contributed by atoms with van der Waals surface area (Å²) in [6.45, 7) is 2.64. The lowest BCUT2D eigenvalue weighted by atomic mass is 10.1. The lowest BCUT2D eigenvalue weighted by molar-refractivity contribution is 0.572. The number of nitrogens with zero attached hydrogens (tertiary/aromatic N) is 1. The molecule has 0 bridgehead atoms. The van der Waals surface area contributed by atoms with E-state index in [1.807, 2.05) is 61.5 Å². The van der Waals surface area contributed by atoms with Gasteiger partial charge in [-0.25, -0.2) is 0 Å². The Labute approximate surface area is 175 Å². The molecule has 3 N–H and O–H groups in total. The number of H-pyrrole nitrogens is 2. The summed E-state index contributed by atoms with van der Waals surface area (Å²) in [6.07, 6.45) is 0.456. The van der Waals surface area contributed by atoms with Crippen LogP contribution in [0.15, 0.2) is 78.9 Å². The SMILES string of the molecule is CCNP(=O)(Cc1ccc2[nH]nc(-c3cc4ccccc4[nH]3)c2c1)c1ccccc1. The number of nitrogens with one attached hydrogen (secondary N) is 3. The maximum absolute atomic E-state index is 13.8. The lowest BCUT2D eigenvalue weighted by Gasteiger charge is -2.19. The molecule has 0 saturated carbocycles. The summed E-state index contributed by atoms with van der Waals surface area (Å²) in [6, 6.07) is 26.2. The van der Waals surface area contributed by atoms with Gasteiger partial charge in [-0.05, 0) is 36.4 Å². The van der Waals surface area contributed by atoms with Crippen molar-refractivity contribution in [1.82, 2.24) is 20.3 Å². The number of aromatic amines is 2. The van der Waals surface area contributed by atoms with Crippen LogP contribution in [0.4, 0.5) is 0 Å². The molecule has 2 aromatic heterocycles. The molecule has 0 aliphatic rings. The predicted molar refractivity (Wildman–Crippen MR) is 124 cm³/mol. The van der Waals surface area contributed by atoms with Crippen molar-refractivity contribution < 1.29 is 4.57 Å². The van der Waals surface area contributed by atoms with Crippen molar-refractivity contribution in [1.29, 1.82) is 0 Å². The Morgan fingerprint density at radius 1 is 0.933 bits per heavy atom. The summed E-state index contributed by atoms with van der Waals surface area (Å²) >= 11 is 0. The van der Waals surface area contributed by atoms with Gasteiger partial charge in [-0.1, -0.05) is 61.5 Å². The van der Waals surface area contributed by atoms with Gasteiger partial charge in [0.15, 0.2) is 7.29 Å². The summed E-state index contributed by atoms with van der Waals surface area (Å²) in [7, 11) is -2.75. The maximum atomic E-state index is 13.8. The Hall–Kier alpha value is -3.14. The molecule has 2 heterocycles. The molecule has 1 atom stereocenters. The van der Waals surface area contributed by atoms with E-state index < -0.39 is 7.29 Å². The van der Waals surface area contributed by atoms with E-state index >= 15 is 0 Å². The number of aromatic nitrogens is 3. The number of hydrogen-bond donors (Lipinski definition) is 3. The minimum atomic E-state index is -2.75. The molecule has 1 unspecified atom stereocenters. The largest absolute Gasteiger partial charge is 0.353 e. The van der Waals surface area contributed by atoms with Gasteiger partial charge >= 0.3 is 0 Å². The highest BCUT2D eigenvalue weighted by Gasteiger charge is 2.24. The quantitative estimate of drug-likeness (QED) is 0.325. The summed E-state index contributed by atoms with van der Waals surface area (Å²) in [5.41, 5.74) is 4.92. The zero-order chi connectivity index (χ0) is 20.6. The highest BCUT2D eigenvalue weighted by atomic mass is 31.2. The molecule has 0 aliphatic carbocycles. The molecule has 0 aliphatic heterocycles. The molecule has 0 amide bonds. The van der Waals surface area contributed by atoms with Crippen molar-refractivity contribution in [3.63, 3.8) is 0 Å². The van der Waals surface area contributed by atoms with Gasteiger partial charge in [-0.3, -0.25) is 10.2 Å². The van der Waals surface area contributed by atoms with E-state index in [-0.39, 0.29) is 0 Å². The fourth-order valence-electron chi connectivity index (χ4n) is 3.99. The van der Waals surface area contributed by atoms with E-state index in [1.165, 1.54) is 0 Å². The Morgan fingerprint density at radius 2 is 1.73 bits per heavy atom. The smallest absolute Gasteiger partial charge is 0.180 e. The van der Waals surface area contributed by atoms with Crippen LogP contribution in [-0.2, 0) is 10.7 Å². The average molecular weight is 414 g/mol. The fourth-order valence-corrected chi connectivity index (χ4v) is 6.34. The second-order valence-corrected chi connectivity index (χ2v) is 10.1. The minimum Gasteiger partial charge on any atom is -0.353 e. The van der Waals surface area contributed by atoms with Crippen LogP contribution >= 0.6 is 7.29 Å². The summed E-state index contributed by atoms with van der Waals surface area (Å²) in [4.78, 5) is 3.45. The molecule has 3 aromatic carbocycles. The first kappa shape index (κ1) is 18.9. The molecule has 6 heteroatoms. The van der Waals surface area contributed by atoms with Crippen LogP contribution in [0.1, 0.15) is 12.5 Å². The monoisotopic (exact) mass is 414 g/mol. The van der Waals surface area contributed by atoms with E-state index in [0.29, 0.717) is 12.7 Å². The zero-order valence-corrected chi connectivity index (χ0v) is 17.6. The van der Waals surface area contributed by atoms with Gasteiger partial charge in [0.1, 0.15) is 5.69 Å². The van der Waals surface area contributed by atoms with Crippen molar-refractivity contribution >= 4 is 34.4 Å². The van der Waals surface area contributed by atoms with Crippen LogP contribution in [0.3, 0.4) is 0 Å². The Kier molecular flexibility index (Phi) is 4.78. The van der Waals surface area contributed by atoms with E-state index in [4.69, 9.17) is 0 Å². The predicted octanol–water partition coefficient (Wildman–Crippen LogP) is 5.42. The lowest BCUT2D eigenvalue weighted by Crippen LogP contribution is -2.20. The number of benzene rings is 3. The molecule has 5 rings (SSSR count). The van der Waals surface area contributed by atoms with Gasteiger partial charge in [0.05, 0.1) is 11.2 Å². The van der Waals surface area contributed by atoms with Gasteiger partial charge in [-0.2, -0.15) is 5.10 Å². The normalized spacial score (nSPS) is 13.6. The molecule has 5 nitrogen and oxygen atoms in total. The van der Waals surface area contributed by atoms with Crippen molar-refractivity contribution in [2.45, 2.75) is 13.1 Å². The first-order chi connectivity index (χ1) is 14.7. The number of hydrogen-bond acceptors (Lipinski definition) is 2. The Bertz CT molecular complexity index is 1340. The topological polar surface area (TPSA) is 73.6 Å². The number of rotatable bonds is 6. The van der Waals surface area contributed by atoms with E-state index in [9.17, 15) is 4.57 Å². The molecule has 150 valence electrons. The number of para-hydroxylation sites is 1. The standard InChI is InChI=1S/C24H23N4OP/c1-2-25-30(29,19-9-4-3-5-10-19)16-17-12-13-22-20(14-17)24(28-27-22)23-15-18-8-6-7-11-21(18)26-23/h3-15,26H,2,16H2,1H3,(H,25,29)(H,27,28). The van der Waals surface area contributed by atoms with Crippen LogP contribution < -0.4 is 10.4 Å². The van der Waals surface area contributed by atoms with Crippen molar-refractivity contribution in [2.75, 3.05) is 6.54 Å². The highest BCUT2D eigenvalue weighted by molar-refractivity contribution is 7.68. The van der Waals surface area contributed by atoms with Crippen LogP contribution in [-0.4, -0.2) is 21.7 Å². The first-order valence-electron chi connectivity index (χ1n) is 10.1. The Morgan fingerprint density at radius 3 is 2.53 bits per heavy atom. The average Bonchev–Trinajstić information content (AvgIpc) is 3.38. The molecule has 0 fully saturated rings. The second-order valence-electron chi connectivity index (χ2n) is 7.47. The third-order valence-electron chi connectivity index (χ3n) is 5.40.